The summed E-state index contributed by atoms with van der Waals surface area (Å²) in [6.45, 7) is 7.10. The second-order valence-corrected chi connectivity index (χ2v) is 12.0. The minimum absolute atomic E-state index is 0. The van der Waals surface area contributed by atoms with Crippen LogP contribution in [0.1, 0.15) is 94.0 Å². The molecule has 1 saturated carbocycles. The summed E-state index contributed by atoms with van der Waals surface area (Å²) in [6, 6.07) is 14.2. The Kier molecular flexibility index (Phi) is 13.8. The Morgan fingerprint density at radius 1 is 0.953 bits per heavy atom. The molecule has 2 amide bonds. The van der Waals surface area contributed by atoms with Gasteiger partial charge in [0.25, 0.3) is 0 Å². The standard InChI is InChI=1S/C34H47N3O5.ClH/c1-3-4-20-37(33(39)32(35-25(2)38)23-26-8-6-5-7-9-26)29-18-21-36(22-19-29)24-27-10-14-30(15-11-27)42-31-16-12-28(13-17-31)34(40)41;/h10-17,26,29,32H,3-9,18-24H2,1-2H3,(H,35,38)(H,40,41);1H/t32-;/m0./s1. The fraction of sp³-hybridized carbons (Fsp3) is 0.559. The Morgan fingerprint density at radius 3 is 2.12 bits per heavy atom. The molecule has 1 heterocycles. The van der Waals surface area contributed by atoms with Crippen molar-refractivity contribution in [2.75, 3.05) is 19.6 Å². The van der Waals surface area contributed by atoms with Crippen LogP contribution in [-0.4, -0.2) is 64.4 Å². The highest BCUT2D eigenvalue weighted by atomic mass is 35.5. The van der Waals surface area contributed by atoms with Crippen LogP contribution in [-0.2, 0) is 16.1 Å². The number of nitrogens with zero attached hydrogens (tertiary/aromatic N) is 2. The molecule has 1 aliphatic heterocycles. The Labute approximate surface area is 262 Å². The average Bonchev–Trinajstić information content (AvgIpc) is 2.99. The van der Waals surface area contributed by atoms with E-state index in [1.54, 1.807) is 12.1 Å². The molecule has 0 spiro atoms. The summed E-state index contributed by atoms with van der Waals surface area (Å²) in [6.07, 6.45) is 10.7. The van der Waals surface area contributed by atoms with Crippen LogP contribution < -0.4 is 10.1 Å². The van der Waals surface area contributed by atoms with Crippen LogP contribution in [0.5, 0.6) is 11.5 Å². The summed E-state index contributed by atoms with van der Waals surface area (Å²) in [7, 11) is 0. The van der Waals surface area contributed by atoms with E-state index in [2.05, 4.69) is 34.2 Å². The van der Waals surface area contributed by atoms with Gasteiger partial charge >= 0.3 is 5.97 Å². The van der Waals surface area contributed by atoms with E-state index in [1.165, 1.54) is 43.9 Å². The number of benzene rings is 2. The Bertz CT molecular complexity index is 1160. The molecule has 0 aromatic heterocycles. The summed E-state index contributed by atoms with van der Waals surface area (Å²) in [5.74, 6) is 0.838. The number of carbonyl (C=O) groups is 3. The van der Waals surface area contributed by atoms with Crippen molar-refractivity contribution < 1.29 is 24.2 Å². The van der Waals surface area contributed by atoms with Crippen molar-refractivity contribution in [3.05, 3.63) is 59.7 Å². The summed E-state index contributed by atoms with van der Waals surface area (Å²) in [4.78, 5) is 41.5. The number of carbonyl (C=O) groups excluding carboxylic acids is 2. The topological polar surface area (TPSA) is 99.2 Å². The molecule has 2 aromatic rings. The van der Waals surface area contributed by atoms with E-state index >= 15 is 0 Å². The van der Waals surface area contributed by atoms with Gasteiger partial charge in [0.05, 0.1) is 5.56 Å². The first-order valence-corrected chi connectivity index (χ1v) is 15.7. The first-order valence-electron chi connectivity index (χ1n) is 15.7. The van der Waals surface area contributed by atoms with E-state index in [0.29, 0.717) is 17.4 Å². The zero-order valence-electron chi connectivity index (χ0n) is 25.6. The number of amides is 2. The molecule has 2 aliphatic rings. The molecule has 0 radical (unpaired) electrons. The minimum Gasteiger partial charge on any atom is -0.478 e. The fourth-order valence-electron chi connectivity index (χ4n) is 6.34. The van der Waals surface area contributed by atoms with Crippen LogP contribution in [0.15, 0.2) is 48.5 Å². The number of nitrogens with one attached hydrogen (secondary N) is 1. The van der Waals surface area contributed by atoms with Crippen LogP contribution >= 0.6 is 12.4 Å². The number of likely N-dealkylation sites (tertiary alicyclic amines) is 1. The van der Waals surface area contributed by atoms with Gasteiger partial charge in [-0.15, -0.1) is 12.4 Å². The van der Waals surface area contributed by atoms with Gasteiger partial charge < -0.3 is 20.1 Å². The molecule has 43 heavy (non-hydrogen) atoms. The van der Waals surface area contributed by atoms with Crippen molar-refractivity contribution in [3.8, 4) is 11.5 Å². The molecule has 2 aromatic carbocycles. The number of aromatic carboxylic acids is 1. The van der Waals surface area contributed by atoms with Crippen molar-refractivity contribution >= 4 is 30.2 Å². The zero-order chi connectivity index (χ0) is 29.9. The number of rotatable bonds is 13. The lowest BCUT2D eigenvalue weighted by molar-refractivity contribution is -0.139. The third-order valence-corrected chi connectivity index (χ3v) is 8.67. The van der Waals surface area contributed by atoms with E-state index in [9.17, 15) is 14.4 Å². The third kappa shape index (κ3) is 10.5. The normalized spacial score (nSPS) is 17.0. The third-order valence-electron chi connectivity index (χ3n) is 8.67. The van der Waals surface area contributed by atoms with Crippen molar-refractivity contribution in [1.82, 2.24) is 15.1 Å². The SMILES string of the molecule is CCCCN(C(=O)[C@H](CC1CCCCC1)NC(C)=O)C1CCN(Cc2ccc(Oc3ccc(C(=O)O)cc3)cc2)CC1.Cl. The van der Waals surface area contributed by atoms with Crippen LogP contribution in [0.2, 0.25) is 0 Å². The molecule has 9 heteroatoms. The first-order chi connectivity index (χ1) is 20.3. The molecule has 1 saturated heterocycles. The average molecular weight is 614 g/mol. The molecule has 4 rings (SSSR count). The number of halogens is 1. The maximum atomic E-state index is 13.9. The van der Waals surface area contributed by atoms with Crippen molar-refractivity contribution in [2.24, 2.45) is 5.92 Å². The summed E-state index contributed by atoms with van der Waals surface area (Å²) in [5, 5.41) is 12.1. The van der Waals surface area contributed by atoms with Crippen molar-refractivity contribution in [2.45, 2.75) is 96.7 Å². The van der Waals surface area contributed by atoms with Gasteiger partial charge in [-0.3, -0.25) is 14.5 Å². The van der Waals surface area contributed by atoms with Crippen molar-refractivity contribution in [1.29, 1.82) is 0 Å². The highest BCUT2D eigenvalue weighted by Gasteiger charge is 2.33. The maximum Gasteiger partial charge on any atom is 0.335 e. The quantitative estimate of drug-likeness (QED) is 0.262. The van der Waals surface area contributed by atoms with E-state index in [-0.39, 0.29) is 35.8 Å². The number of carboxylic acids is 1. The molecule has 2 N–H and O–H groups in total. The van der Waals surface area contributed by atoms with Gasteiger partial charge in [-0.1, -0.05) is 57.6 Å². The molecule has 0 unspecified atom stereocenters. The molecular weight excluding hydrogens is 566 g/mol. The Morgan fingerprint density at radius 2 is 1.56 bits per heavy atom. The number of ether oxygens (including phenoxy) is 1. The second-order valence-electron chi connectivity index (χ2n) is 12.0. The smallest absolute Gasteiger partial charge is 0.335 e. The van der Waals surface area contributed by atoms with E-state index < -0.39 is 12.0 Å². The van der Waals surface area contributed by atoms with Gasteiger partial charge in [-0.2, -0.15) is 0 Å². The van der Waals surface area contributed by atoms with Crippen LogP contribution in [0.25, 0.3) is 0 Å². The molecule has 1 aliphatic carbocycles. The molecule has 236 valence electrons. The molecule has 2 fully saturated rings. The maximum absolute atomic E-state index is 13.9. The van der Waals surface area contributed by atoms with E-state index in [1.807, 2.05) is 12.1 Å². The van der Waals surface area contributed by atoms with Crippen LogP contribution in [0, 0.1) is 5.92 Å². The zero-order valence-corrected chi connectivity index (χ0v) is 26.4. The van der Waals surface area contributed by atoms with Gasteiger partial charge in [0.1, 0.15) is 17.5 Å². The Balaban J connectivity index is 0.00000506. The predicted molar refractivity (Wildman–Crippen MR) is 171 cm³/mol. The Hall–Kier alpha value is -3.10. The van der Waals surface area contributed by atoms with Gasteiger partial charge in [0.15, 0.2) is 0 Å². The van der Waals surface area contributed by atoms with Gasteiger partial charge in [-0.05, 0) is 73.6 Å². The number of piperidine rings is 1. The first kappa shape index (κ1) is 34.4. The number of unbranched alkanes of at least 4 members (excludes halogenated alkanes) is 1. The molecule has 1 atom stereocenters. The lowest BCUT2D eigenvalue weighted by Gasteiger charge is -2.40. The molecule has 8 nitrogen and oxygen atoms in total. The van der Waals surface area contributed by atoms with E-state index in [4.69, 9.17) is 9.84 Å². The highest BCUT2D eigenvalue weighted by Crippen LogP contribution is 2.29. The number of hydrogen-bond acceptors (Lipinski definition) is 5. The van der Waals surface area contributed by atoms with Gasteiger partial charge in [0, 0.05) is 39.1 Å². The minimum atomic E-state index is -0.959. The summed E-state index contributed by atoms with van der Waals surface area (Å²) < 4.78 is 5.87. The fourth-order valence-corrected chi connectivity index (χ4v) is 6.34. The van der Waals surface area contributed by atoms with Gasteiger partial charge in [-0.25, -0.2) is 4.79 Å². The second kappa shape index (κ2) is 17.3. The lowest BCUT2D eigenvalue weighted by Crippen LogP contribution is -2.54. The number of hydrogen-bond donors (Lipinski definition) is 2. The highest BCUT2D eigenvalue weighted by molar-refractivity contribution is 5.88. The lowest BCUT2D eigenvalue weighted by atomic mass is 9.84. The summed E-state index contributed by atoms with van der Waals surface area (Å²) in [5.41, 5.74) is 1.42. The molecule has 0 bridgehead atoms. The van der Waals surface area contributed by atoms with Crippen LogP contribution in [0.3, 0.4) is 0 Å². The molecular formula is C34H48ClN3O5. The number of carboxylic acid groups (broad SMARTS) is 1. The van der Waals surface area contributed by atoms with Crippen LogP contribution in [0.4, 0.5) is 0 Å². The monoisotopic (exact) mass is 613 g/mol. The van der Waals surface area contributed by atoms with Crippen molar-refractivity contribution in [3.63, 3.8) is 0 Å². The summed E-state index contributed by atoms with van der Waals surface area (Å²) >= 11 is 0. The van der Waals surface area contributed by atoms with E-state index in [0.717, 1.165) is 71.1 Å². The predicted octanol–water partition coefficient (Wildman–Crippen LogP) is 6.67. The van der Waals surface area contributed by atoms with Gasteiger partial charge in [0.2, 0.25) is 11.8 Å². The largest absolute Gasteiger partial charge is 0.478 e.